The van der Waals surface area contributed by atoms with E-state index in [1.807, 2.05) is 18.2 Å². The monoisotopic (exact) mass is 507 g/mol. The first-order chi connectivity index (χ1) is 13.1. The van der Waals surface area contributed by atoms with Crippen LogP contribution >= 0.6 is 24.0 Å². The van der Waals surface area contributed by atoms with Crippen molar-refractivity contribution in [1.82, 2.24) is 10.6 Å². The summed E-state index contributed by atoms with van der Waals surface area (Å²) < 4.78 is 40.2. The second kappa shape index (κ2) is 13.0. The molecule has 0 aliphatic rings. The van der Waals surface area contributed by atoms with Crippen molar-refractivity contribution in [2.45, 2.75) is 13.2 Å². The molecule has 0 saturated heterocycles. The minimum absolute atomic E-state index is 0. The topological polar surface area (TPSA) is 64.1 Å². The van der Waals surface area contributed by atoms with Crippen LogP contribution < -0.4 is 24.8 Å². The molecule has 0 heterocycles. The predicted molar refractivity (Wildman–Crippen MR) is 115 cm³/mol. The van der Waals surface area contributed by atoms with E-state index >= 15 is 0 Å². The molecule has 0 amide bonds. The third-order valence-electron chi connectivity index (χ3n) is 3.56. The van der Waals surface area contributed by atoms with Crippen molar-refractivity contribution in [3.63, 3.8) is 0 Å². The summed E-state index contributed by atoms with van der Waals surface area (Å²) in [5, 5.41) is 6.15. The molecule has 9 heteroatoms. The molecule has 0 fully saturated rings. The fraction of sp³-hybridized carbons (Fsp3) is 0.316. The number of alkyl halides is 2. The van der Waals surface area contributed by atoms with E-state index in [0.717, 1.165) is 5.75 Å². The van der Waals surface area contributed by atoms with Crippen LogP contribution in [0.1, 0.15) is 5.56 Å². The Morgan fingerprint density at radius 2 is 1.82 bits per heavy atom. The van der Waals surface area contributed by atoms with Crippen LogP contribution in [0.2, 0.25) is 0 Å². The highest BCUT2D eigenvalue weighted by Crippen LogP contribution is 2.20. The Labute approximate surface area is 180 Å². The molecule has 0 spiro atoms. The normalized spacial score (nSPS) is 10.8. The summed E-state index contributed by atoms with van der Waals surface area (Å²) in [6.45, 7) is -1.65. The summed E-state index contributed by atoms with van der Waals surface area (Å²) in [6.07, 6.45) is 0. The lowest BCUT2D eigenvalue weighted by atomic mass is 10.2. The number of ether oxygens (including phenoxy) is 3. The number of nitrogens with zero attached hydrogens (tertiary/aromatic N) is 1. The Bertz CT molecular complexity index is 748. The number of benzene rings is 2. The molecule has 0 bridgehead atoms. The van der Waals surface area contributed by atoms with E-state index < -0.39 is 6.61 Å². The molecular formula is C19H24F2IN3O3. The van der Waals surface area contributed by atoms with Crippen molar-refractivity contribution in [3.8, 4) is 17.2 Å². The lowest BCUT2D eigenvalue weighted by molar-refractivity contribution is -0.0504. The van der Waals surface area contributed by atoms with E-state index in [-0.39, 0.29) is 29.7 Å². The van der Waals surface area contributed by atoms with Crippen LogP contribution in [0.15, 0.2) is 53.5 Å². The van der Waals surface area contributed by atoms with Crippen LogP contribution in [-0.2, 0) is 6.54 Å². The molecule has 0 saturated carbocycles. The Morgan fingerprint density at radius 1 is 1.07 bits per heavy atom. The second-order valence-corrected chi connectivity index (χ2v) is 5.37. The van der Waals surface area contributed by atoms with Gasteiger partial charge in [0.2, 0.25) is 0 Å². The Kier molecular flexibility index (Phi) is 11.0. The van der Waals surface area contributed by atoms with Gasteiger partial charge in [-0.1, -0.05) is 24.3 Å². The number of hydrogen-bond acceptors (Lipinski definition) is 4. The van der Waals surface area contributed by atoms with Gasteiger partial charge in [0, 0.05) is 25.2 Å². The van der Waals surface area contributed by atoms with Crippen LogP contribution in [0.3, 0.4) is 0 Å². The molecule has 2 N–H and O–H groups in total. The molecule has 0 radical (unpaired) electrons. The average Bonchev–Trinajstić information content (AvgIpc) is 2.68. The van der Waals surface area contributed by atoms with Crippen molar-refractivity contribution in [2.75, 3.05) is 27.3 Å². The molecule has 28 heavy (non-hydrogen) atoms. The summed E-state index contributed by atoms with van der Waals surface area (Å²) >= 11 is 0. The van der Waals surface area contributed by atoms with E-state index in [9.17, 15) is 8.78 Å². The standard InChI is InChI=1S/C19H23F2N3O3.HI/c1-22-19(23-10-11-26-16-8-5-7-15(12-16)25-2)24-13-14-6-3-4-9-17(14)27-18(20)21;/h3-9,12,18H,10-11,13H2,1-2H3,(H2,22,23,24);1H. The molecule has 0 atom stereocenters. The van der Waals surface area contributed by atoms with E-state index in [1.165, 1.54) is 6.07 Å². The number of methoxy groups -OCH3 is 1. The molecule has 0 aliphatic heterocycles. The number of hydrogen-bond donors (Lipinski definition) is 2. The van der Waals surface area contributed by atoms with Crippen molar-refractivity contribution >= 4 is 29.9 Å². The highest BCUT2D eigenvalue weighted by Gasteiger charge is 2.09. The summed E-state index contributed by atoms with van der Waals surface area (Å²) in [5.41, 5.74) is 0.605. The zero-order chi connectivity index (χ0) is 19.5. The quantitative estimate of drug-likeness (QED) is 0.235. The van der Waals surface area contributed by atoms with Gasteiger partial charge in [-0.15, -0.1) is 24.0 Å². The zero-order valence-electron chi connectivity index (χ0n) is 15.7. The van der Waals surface area contributed by atoms with Crippen molar-refractivity contribution in [2.24, 2.45) is 4.99 Å². The van der Waals surface area contributed by atoms with Crippen LogP contribution in [0.25, 0.3) is 0 Å². The van der Waals surface area contributed by atoms with Gasteiger partial charge in [-0.3, -0.25) is 4.99 Å². The number of halogens is 3. The molecule has 2 rings (SSSR count). The van der Waals surface area contributed by atoms with Crippen LogP contribution in [0, 0.1) is 0 Å². The van der Waals surface area contributed by atoms with Gasteiger partial charge in [-0.2, -0.15) is 8.78 Å². The molecular weight excluding hydrogens is 483 g/mol. The zero-order valence-corrected chi connectivity index (χ0v) is 18.0. The highest BCUT2D eigenvalue weighted by molar-refractivity contribution is 14.0. The van der Waals surface area contributed by atoms with Crippen molar-refractivity contribution in [3.05, 3.63) is 54.1 Å². The molecule has 154 valence electrons. The number of guanidine groups is 1. The SMILES string of the molecule is CN=C(NCCOc1cccc(OC)c1)NCc1ccccc1OC(F)F.I. The minimum atomic E-state index is -2.86. The molecule has 6 nitrogen and oxygen atoms in total. The maximum Gasteiger partial charge on any atom is 0.387 e. The minimum Gasteiger partial charge on any atom is -0.497 e. The van der Waals surface area contributed by atoms with Gasteiger partial charge in [0.15, 0.2) is 5.96 Å². The first-order valence-electron chi connectivity index (χ1n) is 8.36. The highest BCUT2D eigenvalue weighted by atomic mass is 127. The largest absolute Gasteiger partial charge is 0.497 e. The summed E-state index contributed by atoms with van der Waals surface area (Å²) in [5.74, 6) is 2.09. The van der Waals surface area contributed by atoms with Crippen LogP contribution in [0.5, 0.6) is 17.2 Å². The maximum absolute atomic E-state index is 12.5. The fourth-order valence-electron chi connectivity index (χ4n) is 2.29. The van der Waals surface area contributed by atoms with Gasteiger partial charge in [0.1, 0.15) is 23.9 Å². The summed E-state index contributed by atoms with van der Waals surface area (Å²) in [7, 11) is 3.22. The summed E-state index contributed by atoms with van der Waals surface area (Å²) in [4.78, 5) is 4.10. The number of nitrogens with one attached hydrogen (secondary N) is 2. The Balaban J connectivity index is 0.00000392. The van der Waals surface area contributed by atoms with Gasteiger partial charge in [0.25, 0.3) is 0 Å². The molecule has 2 aromatic rings. The van der Waals surface area contributed by atoms with E-state index in [0.29, 0.717) is 37.0 Å². The third kappa shape index (κ3) is 8.15. The lowest BCUT2D eigenvalue weighted by Gasteiger charge is -2.15. The van der Waals surface area contributed by atoms with E-state index in [2.05, 4.69) is 20.4 Å². The van der Waals surface area contributed by atoms with Crippen molar-refractivity contribution < 1.29 is 23.0 Å². The third-order valence-corrected chi connectivity index (χ3v) is 3.56. The smallest absolute Gasteiger partial charge is 0.387 e. The van der Waals surface area contributed by atoms with Gasteiger partial charge in [-0.05, 0) is 18.2 Å². The van der Waals surface area contributed by atoms with Crippen LogP contribution in [0.4, 0.5) is 8.78 Å². The predicted octanol–water partition coefficient (Wildman–Crippen LogP) is 3.66. The average molecular weight is 507 g/mol. The van der Waals surface area contributed by atoms with Gasteiger partial charge in [-0.25, -0.2) is 0 Å². The number of para-hydroxylation sites is 1. The second-order valence-electron chi connectivity index (χ2n) is 5.37. The molecule has 2 aromatic carbocycles. The number of rotatable bonds is 9. The van der Waals surface area contributed by atoms with Gasteiger partial charge < -0.3 is 24.8 Å². The number of aliphatic imine (C=N–C) groups is 1. The van der Waals surface area contributed by atoms with Gasteiger partial charge >= 0.3 is 6.61 Å². The fourth-order valence-corrected chi connectivity index (χ4v) is 2.29. The Hall–Kier alpha value is -2.30. The lowest BCUT2D eigenvalue weighted by Crippen LogP contribution is -2.39. The molecule has 0 unspecified atom stereocenters. The van der Waals surface area contributed by atoms with Crippen molar-refractivity contribution in [1.29, 1.82) is 0 Å². The first-order valence-corrected chi connectivity index (χ1v) is 8.36. The van der Waals surface area contributed by atoms with E-state index in [4.69, 9.17) is 9.47 Å². The van der Waals surface area contributed by atoms with Gasteiger partial charge in [0.05, 0.1) is 13.7 Å². The maximum atomic E-state index is 12.5. The molecule has 0 aliphatic carbocycles. The Morgan fingerprint density at radius 3 is 2.54 bits per heavy atom. The van der Waals surface area contributed by atoms with Crippen LogP contribution in [-0.4, -0.2) is 39.9 Å². The molecule has 0 aromatic heterocycles. The summed E-state index contributed by atoms with van der Waals surface area (Å²) in [6, 6.07) is 13.9. The first kappa shape index (κ1) is 23.7. The van der Waals surface area contributed by atoms with E-state index in [1.54, 1.807) is 38.4 Å².